The molecule has 4 nitrogen and oxygen atoms in total. The smallest absolute Gasteiger partial charge is 0.344 e. The van der Waals surface area contributed by atoms with Gasteiger partial charge in [-0.25, -0.2) is 4.79 Å². The Morgan fingerprint density at radius 1 is 0.920 bits per heavy atom. The first kappa shape index (κ1) is 15.3. The van der Waals surface area contributed by atoms with Crippen molar-refractivity contribution in [1.29, 1.82) is 0 Å². The van der Waals surface area contributed by atoms with Gasteiger partial charge in [-0.3, -0.25) is 0 Å². The molecule has 0 amide bonds. The lowest BCUT2D eigenvalue weighted by atomic mass is 10.1. The zero-order valence-electron chi connectivity index (χ0n) is 13.8. The molecular weight excluding hydrogens is 314 g/mol. The number of anilines is 1. The van der Waals surface area contributed by atoms with Crippen LogP contribution in [0.25, 0.3) is 21.7 Å². The second-order valence-electron chi connectivity index (χ2n) is 5.83. The zero-order valence-corrected chi connectivity index (χ0v) is 13.8. The van der Waals surface area contributed by atoms with E-state index in [0.717, 1.165) is 22.0 Å². The maximum Gasteiger partial charge on any atom is 0.344 e. The molecule has 124 valence electrons. The van der Waals surface area contributed by atoms with Crippen molar-refractivity contribution in [3.8, 4) is 5.75 Å². The second-order valence-corrected chi connectivity index (χ2v) is 5.83. The van der Waals surface area contributed by atoms with Gasteiger partial charge in [0.05, 0.1) is 5.39 Å². The van der Waals surface area contributed by atoms with Crippen LogP contribution >= 0.6 is 0 Å². The molecule has 3 aromatic carbocycles. The van der Waals surface area contributed by atoms with Gasteiger partial charge in [0.2, 0.25) is 0 Å². The molecule has 0 aliphatic heterocycles. The summed E-state index contributed by atoms with van der Waals surface area (Å²) in [5.41, 5.74) is 2.14. The van der Waals surface area contributed by atoms with E-state index in [2.05, 4.69) is 5.32 Å². The highest BCUT2D eigenvalue weighted by molar-refractivity contribution is 6.05. The fourth-order valence-electron chi connectivity index (χ4n) is 2.90. The minimum atomic E-state index is -0.347. The highest BCUT2D eigenvalue weighted by Crippen LogP contribution is 2.28. The van der Waals surface area contributed by atoms with Gasteiger partial charge in [-0.15, -0.1) is 0 Å². The summed E-state index contributed by atoms with van der Waals surface area (Å²) in [6.45, 7) is 0.468. The molecule has 1 aromatic heterocycles. The lowest BCUT2D eigenvalue weighted by molar-refractivity contribution is 0.306. The molecule has 4 aromatic rings. The SMILES string of the molecule is CNc1ccc2c(c1)c(=O)oc1cc(OCc3ccccc3)ccc12. The van der Waals surface area contributed by atoms with E-state index < -0.39 is 0 Å². The number of ether oxygens (including phenoxy) is 1. The normalized spacial score (nSPS) is 10.9. The molecule has 0 aliphatic carbocycles. The predicted molar refractivity (Wildman–Crippen MR) is 100 cm³/mol. The summed E-state index contributed by atoms with van der Waals surface area (Å²) < 4.78 is 11.3. The lowest BCUT2D eigenvalue weighted by Gasteiger charge is -2.09. The van der Waals surface area contributed by atoms with Crippen molar-refractivity contribution < 1.29 is 9.15 Å². The van der Waals surface area contributed by atoms with E-state index in [1.165, 1.54) is 0 Å². The molecule has 1 N–H and O–H groups in total. The largest absolute Gasteiger partial charge is 0.489 e. The summed E-state index contributed by atoms with van der Waals surface area (Å²) in [5, 5.41) is 5.37. The second kappa shape index (κ2) is 6.32. The van der Waals surface area contributed by atoms with Crippen LogP contribution < -0.4 is 15.7 Å². The van der Waals surface area contributed by atoms with Crippen LogP contribution in [0.1, 0.15) is 5.56 Å². The molecule has 0 radical (unpaired) electrons. The first-order valence-electron chi connectivity index (χ1n) is 8.10. The number of benzene rings is 3. The van der Waals surface area contributed by atoms with E-state index in [9.17, 15) is 4.79 Å². The Labute approximate surface area is 144 Å². The zero-order chi connectivity index (χ0) is 17.2. The van der Waals surface area contributed by atoms with Crippen molar-refractivity contribution in [3.63, 3.8) is 0 Å². The number of hydrogen-bond donors (Lipinski definition) is 1. The molecule has 0 saturated heterocycles. The first-order valence-corrected chi connectivity index (χ1v) is 8.10. The van der Waals surface area contributed by atoms with Gasteiger partial charge in [0.15, 0.2) is 0 Å². The minimum Gasteiger partial charge on any atom is -0.489 e. The summed E-state index contributed by atoms with van der Waals surface area (Å²) in [7, 11) is 1.82. The third kappa shape index (κ3) is 2.94. The first-order chi connectivity index (χ1) is 12.2. The molecule has 0 atom stereocenters. The number of fused-ring (bicyclic) bond motifs is 3. The molecule has 25 heavy (non-hydrogen) atoms. The molecule has 0 fully saturated rings. The van der Waals surface area contributed by atoms with Gasteiger partial charge >= 0.3 is 5.63 Å². The predicted octanol–water partition coefficient (Wildman–Crippen LogP) is 4.57. The number of rotatable bonds is 4. The Hall–Kier alpha value is -3.27. The van der Waals surface area contributed by atoms with Gasteiger partial charge in [0.1, 0.15) is 17.9 Å². The van der Waals surface area contributed by atoms with E-state index >= 15 is 0 Å². The molecule has 0 saturated carbocycles. The van der Waals surface area contributed by atoms with Crippen LogP contribution in [0.15, 0.2) is 75.9 Å². The van der Waals surface area contributed by atoms with E-state index in [1.807, 2.05) is 61.6 Å². The van der Waals surface area contributed by atoms with E-state index in [4.69, 9.17) is 9.15 Å². The lowest BCUT2D eigenvalue weighted by Crippen LogP contribution is -2.01. The van der Waals surface area contributed by atoms with Crippen LogP contribution in [0.3, 0.4) is 0 Å². The van der Waals surface area contributed by atoms with Gasteiger partial charge < -0.3 is 14.5 Å². The third-order valence-corrected chi connectivity index (χ3v) is 4.22. The maximum absolute atomic E-state index is 12.3. The van der Waals surface area contributed by atoms with Crippen LogP contribution in [0, 0.1) is 0 Å². The standard InChI is InChI=1S/C21H17NO3/c1-22-15-7-9-17-18-10-8-16(24-13-14-5-3-2-4-6-14)12-20(18)25-21(23)19(17)11-15/h2-12,22H,13H2,1H3. The summed E-state index contributed by atoms with van der Waals surface area (Å²) in [5.74, 6) is 0.672. The molecule has 1 heterocycles. The highest BCUT2D eigenvalue weighted by Gasteiger charge is 2.09. The van der Waals surface area contributed by atoms with Crippen molar-refractivity contribution in [2.45, 2.75) is 6.61 Å². The van der Waals surface area contributed by atoms with Crippen LogP contribution in [0.4, 0.5) is 5.69 Å². The van der Waals surface area contributed by atoms with Crippen LogP contribution in [0.5, 0.6) is 5.75 Å². The Balaban J connectivity index is 1.73. The van der Waals surface area contributed by atoms with Crippen LogP contribution in [-0.2, 0) is 6.61 Å². The Morgan fingerprint density at radius 3 is 2.52 bits per heavy atom. The van der Waals surface area contributed by atoms with Gasteiger partial charge in [0.25, 0.3) is 0 Å². The Morgan fingerprint density at radius 2 is 1.72 bits per heavy atom. The van der Waals surface area contributed by atoms with Crippen LogP contribution in [-0.4, -0.2) is 7.05 Å². The average molecular weight is 331 g/mol. The van der Waals surface area contributed by atoms with Gasteiger partial charge in [0, 0.05) is 29.6 Å². The molecule has 0 aliphatic rings. The van der Waals surface area contributed by atoms with Crippen molar-refractivity contribution in [3.05, 3.63) is 82.7 Å². The number of hydrogen-bond acceptors (Lipinski definition) is 4. The van der Waals surface area contributed by atoms with Gasteiger partial charge in [-0.05, 0) is 29.8 Å². The quantitative estimate of drug-likeness (QED) is 0.440. The van der Waals surface area contributed by atoms with Crippen molar-refractivity contribution in [1.82, 2.24) is 0 Å². The molecule has 4 rings (SSSR count). The third-order valence-electron chi connectivity index (χ3n) is 4.22. The van der Waals surface area contributed by atoms with E-state index in [1.54, 1.807) is 12.1 Å². The van der Waals surface area contributed by atoms with E-state index in [0.29, 0.717) is 23.3 Å². The molecular formula is C21H17NO3. The van der Waals surface area contributed by atoms with Crippen molar-refractivity contribution in [2.75, 3.05) is 12.4 Å². The fraction of sp³-hybridized carbons (Fsp3) is 0.0952. The maximum atomic E-state index is 12.3. The highest BCUT2D eigenvalue weighted by atomic mass is 16.5. The Kier molecular flexibility index (Phi) is 3.86. The van der Waals surface area contributed by atoms with Crippen molar-refractivity contribution in [2.24, 2.45) is 0 Å². The van der Waals surface area contributed by atoms with Crippen molar-refractivity contribution >= 4 is 27.4 Å². The Bertz CT molecular complexity index is 1100. The summed E-state index contributed by atoms with van der Waals surface area (Å²) in [6.07, 6.45) is 0. The minimum absolute atomic E-state index is 0.347. The molecule has 0 unspecified atom stereocenters. The monoisotopic (exact) mass is 331 g/mol. The summed E-state index contributed by atoms with van der Waals surface area (Å²) in [6, 6.07) is 21.2. The summed E-state index contributed by atoms with van der Waals surface area (Å²) >= 11 is 0. The topological polar surface area (TPSA) is 51.5 Å². The molecule has 0 bridgehead atoms. The summed E-state index contributed by atoms with van der Waals surface area (Å²) in [4.78, 5) is 12.3. The number of nitrogens with one attached hydrogen (secondary N) is 1. The van der Waals surface area contributed by atoms with Gasteiger partial charge in [-0.1, -0.05) is 36.4 Å². The molecule has 4 heteroatoms. The average Bonchev–Trinajstić information content (AvgIpc) is 2.67. The molecule has 0 spiro atoms. The van der Waals surface area contributed by atoms with Crippen LogP contribution in [0.2, 0.25) is 0 Å². The fourth-order valence-corrected chi connectivity index (χ4v) is 2.90. The van der Waals surface area contributed by atoms with Gasteiger partial charge in [-0.2, -0.15) is 0 Å². The van der Waals surface area contributed by atoms with E-state index in [-0.39, 0.29) is 5.63 Å².